The van der Waals surface area contributed by atoms with E-state index in [1.807, 2.05) is 20.8 Å². The Balaban J connectivity index is 2.68. The summed E-state index contributed by atoms with van der Waals surface area (Å²) in [4.78, 5) is 11.6. The molecule has 1 aromatic carbocycles. The topological polar surface area (TPSA) is 41.1 Å². The summed E-state index contributed by atoms with van der Waals surface area (Å²) in [5, 5.41) is 5.54. The monoisotopic (exact) mass is 352 g/mol. The molecular formula is C13H16BrF3N2O. The number of carbonyl (C=O) groups is 1. The van der Waals surface area contributed by atoms with Gasteiger partial charge in [-0.3, -0.25) is 4.79 Å². The number of amides is 1. The van der Waals surface area contributed by atoms with E-state index >= 15 is 0 Å². The highest BCUT2D eigenvalue weighted by Gasteiger charge is 2.30. The number of halogens is 4. The second kappa shape index (κ2) is 6.03. The lowest BCUT2D eigenvalue weighted by Crippen LogP contribution is -2.43. The van der Waals surface area contributed by atoms with Crippen LogP contribution in [-0.4, -0.2) is 18.0 Å². The number of carbonyl (C=O) groups excluding carboxylic acids is 1. The second-order valence-electron chi connectivity index (χ2n) is 5.34. The molecule has 1 rings (SSSR count). The molecule has 0 bridgehead atoms. The van der Waals surface area contributed by atoms with Gasteiger partial charge in [0.05, 0.1) is 12.1 Å². The molecule has 0 radical (unpaired) electrons. The first-order valence-corrected chi connectivity index (χ1v) is 6.70. The summed E-state index contributed by atoms with van der Waals surface area (Å²) in [6, 6.07) is 3.23. The molecule has 0 heterocycles. The van der Waals surface area contributed by atoms with E-state index in [1.165, 1.54) is 6.07 Å². The highest BCUT2D eigenvalue weighted by molar-refractivity contribution is 9.10. The quantitative estimate of drug-likeness (QED) is 0.868. The van der Waals surface area contributed by atoms with Gasteiger partial charge in [-0.15, -0.1) is 0 Å². The third-order valence-electron chi connectivity index (χ3n) is 2.25. The lowest BCUT2D eigenvalue weighted by molar-refractivity contribution is -0.137. The van der Waals surface area contributed by atoms with Crippen molar-refractivity contribution in [3.05, 3.63) is 28.2 Å². The third-order valence-corrected chi connectivity index (χ3v) is 2.91. The fraction of sp³-hybridized carbons (Fsp3) is 0.462. The normalized spacial score (nSPS) is 12.2. The molecule has 0 aliphatic carbocycles. The van der Waals surface area contributed by atoms with E-state index in [-0.39, 0.29) is 22.5 Å². The highest BCUT2D eigenvalue weighted by Crippen LogP contribution is 2.33. The van der Waals surface area contributed by atoms with Gasteiger partial charge in [-0.05, 0) is 54.9 Å². The molecule has 0 saturated heterocycles. The Morgan fingerprint density at radius 2 is 1.85 bits per heavy atom. The molecule has 1 amide bonds. The Bertz CT molecular complexity index is 495. The maximum Gasteiger partial charge on any atom is 0.416 e. The smallest absolute Gasteiger partial charge is 0.375 e. The molecule has 1 aromatic rings. The first kappa shape index (κ1) is 16.8. The Morgan fingerprint density at radius 1 is 1.25 bits per heavy atom. The third kappa shape index (κ3) is 5.40. The number of nitrogens with one attached hydrogen (secondary N) is 2. The zero-order valence-electron chi connectivity index (χ0n) is 11.4. The summed E-state index contributed by atoms with van der Waals surface area (Å²) in [6.45, 7) is 5.53. The molecule has 0 spiro atoms. The van der Waals surface area contributed by atoms with Crippen LogP contribution < -0.4 is 10.6 Å². The van der Waals surface area contributed by atoms with E-state index in [2.05, 4.69) is 26.6 Å². The van der Waals surface area contributed by atoms with Gasteiger partial charge in [0, 0.05) is 15.7 Å². The first-order valence-electron chi connectivity index (χ1n) is 5.91. The van der Waals surface area contributed by atoms with Gasteiger partial charge >= 0.3 is 6.18 Å². The van der Waals surface area contributed by atoms with Gasteiger partial charge in [-0.1, -0.05) is 0 Å². The molecule has 20 heavy (non-hydrogen) atoms. The molecule has 112 valence electrons. The van der Waals surface area contributed by atoms with Gasteiger partial charge in [-0.2, -0.15) is 13.2 Å². The fourth-order valence-electron chi connectivity index (χ4n) is 1.47. The van der Waals surface area contributed by atoms with Crippen LogP contribution in [0.2, 0.25) is 0 Å². The van der Waals surface area contributed by atoms with Gasteiger partial charge in [0.25, 0.3) is 0 Å². The Morgan fingerprint density at radius 3 is 2.30 bits per heavy atom. The van der Waals surface area contributed by atoms with Crippen LogP contribution in [0, 0.1) is 0 Å². The summed E-state index contributed by atoms with van der Waals surface area (Å²) in [5.41, 5.74) is -0.660. The highest BCUT2D eigenvalue weighted by atomic mass is 79.9. The second-order valence-corrected chi connectivity index (χ2v) is 6.20. The minimum Gasteiger partial charge on any atom is -0.375 e. The van der Waals surface area contributed by atoms with E-state index < -0.39 is 11.7 Å². The lowest BCUT2D eigenvalue weighted by atomic mass is 10.1. The predicted molar refractivity (Wildman–Crippen MR) is 75.5 cm³/mol. The number of rotatable bonds is 3. The average Bonchev–Trinajstić information content (AvgIpc) is 2.23. The van der Waals surface area contributed by atoms with Crippen LogP contribution in [0.1, 0.15) is 26.3 Å². The van der Waals surface area contributed by atoms with Crippen molar-refractivity contribution in [1.29, 1.82) is 0 Å². The van der Waals surface area contributed by atoms with Crippen molar-refractivity contribution in [3.8, 4) is 0 Å². The molecule has 0 aromatic heterocycles. The lowest BCUT2D eigenvalue weighted by Gasteiger charge is -2.21. The summed E-state index contributed by atoms with van der Waals surface area (Å²) < 4.78 is 37.7. The molecular weight excluding hydrogens is 337 g/mol. The minimum absolute atomic E-state index is 0.0127. The van der Waals surface area contributed by atoms with Gasteiger partial charge in [-0.25, -0.2) is 0 Å². The summed E-state index contributed by atoms with van der Waals surface area (Å²) in [5.74, 6) is -0.232. The summed E-state index contributed by atoms with van der Waals surface area (Å²) in [6.07, 6.45) is -4.38. The maximum atomic E-state index is 12.5. The molecule has 3 nitrogen and oxygen atoms in total. The number of alkyl halides is 3. The number of benzene rings is 1. The van der Waals surface area contributed by atoms with Crippen LogP contribution in [0.25, 0.3) is 0 Å². The van der Waals surface area contributed by atoms with Gasteiger partial charge < -0.3 is 10.6 Å². The van der Waals surface area contributed by atoms with Gasteiger partial charge in [0.2, 0.25) is 5.91 Å². The molecule has 0 aliphatic rings. The van der Waals surface area contributed by atoms with Crippen LogP contribution in [-0.2, 0) is 11.0 Å². The molecule has 0 unspecified atom stereocenters. The van der Waals surface area contributed by atoms with Crippen molar-refractivity contribution in [3.63, 3.8) is 0 Å². The van der Waals surface area contributed by atoms with E-state index in [0.29, 0.717) is 5.69 Å². The van der Waals surface area contributed by atoms with E-state index in [0.717, 1.165) is 12.1 Å². The largest absolute Gasteiger partial charge is 0.416 e. The fourth-order valence-corrected chi connectivity index (χ4v) is 1.99. The van der Waals surface area contributed by atoms with Crippen LogP contribution in [0.4, 0.5) is 18.9 Å². The van der Waals surface area contributed by atoms with E-state index in [4.69, 9.17) is 0 Å². The molecule has 0 fully saturated rings. The maximum absolute atomic E-state index is 12.5. The van der Waals surface area contributed by atoms with Crippen molar-refractivity contribution in [2.75, 3.05) is 11.9 Å². The SMILES string of the molecule is CC(C)(C)NC(=O)CNc1ccc(C(F)(F)F)cc1Br. The van der Waals surface area contributed by atoms with Crippen LogP contribution in [0.3, 0.4) is 0 Å². The molecule has 0 aliphatic heterocycles. The van der Waals surface area contributed by atoms with Crippen LogP contribution >= 0.6 is 15.9 Å². The zero-order chi connectivity index (χ0) is 15.6. The van der Waals surface area contributed by atoms with Crippen molar-refractivity contribution >= 4 is 27.5 Å². The van der Waals surface area contributed by atoms with Crippen molar-refractivity contribution in [1.82, 2.24) is 5.32 Å². The summed E-state index contributed by atoms with van der Waals surface area (Å²) >= 11 is 3.06. The zero-order valence-corrected chi connectivity index (χ0v) is 12.9. The van der Waals surface area contributed by atoms with E-state index in [9.17, 15) is 18.0 Å². The predicted octanol–water partition coefficient (Wildman–Crippen LogP) is 3.79. The van der Waals surface area contributed by atoms with Gasteiger partial charge in [0.15, 0.2) is 0 Å². The molecule has 2 N–H and O–H groups in total. The average molecular weight is 353 g/mol. The molecule has 7 heteroatoms. The number of anilines is 1. The van der Waals surface area contributed by atoms with Crippen molar-refractivity contribution in [2.45, 2.75) is 32.5 Å². The Hall–Kier alpha value is -1.24. The van der Waals surface area contributed by atoms with Gasteiger partial charge in [0.1, 0.15) is 0 Å². The summed E-state index contributed by atoms with van der Waals surface area (Å²) in [7, 11) is 0. The number of hydrogen-bond donors (Lipinski definition) is 2. The van der Waals surface area contributed by atoms with Crippen molar-refractivity contribution < 1.29 is 18.0 Å². The molecule has 0 saturated carbocycles. The van der Waals surface area contributed by atoms with Crippen LogP contribution in [0.5, 0.6) is 0 Å². The minimum atomic E-state index is -4.38. The first-order chi connectivity index (χ1) is 8.99. The van der Waals surface area contributed by atoms with Crippen molar-refractivity contribution in [2.24, 2.45) is 0 Å². The number of hydrogen-bond acceptors (Lipinski definition) is 2. The Labute approximate surface area is 124 Å². The molecule has 0 atom stereocenters. The standard InChI is InChI=1S/C13H16BrF3N2O/c1-12(2,3)19-11(20)7-18-10-5-4-8(6-9(10)14)13(15,16)17/h4-6,18H,7H2,1-3H3,(H,19,20). The van der Waals surface area contributed by atoms with Crippen LogP contribution in [0.15, 0.2) is 22.7 Å². The Kier molecular flexibility index (Phi) is 5.07. The van der Waals surface area contributed by atoms with E-state index in [1.54, 1.807) is 0 Å².